The van der Waals surface area contributed by atoms with Crippen LogP contribution in [0.3, 0.4) is 0 Å². The van der Waals surface area contributed by atoms with Gasteiger partial charge in [-0.3, -0.25) is 0 Å². The standard InChI is InChI=1S/C46H34N2/c1-5-14-35(15-6-1)36-24-29-43(30-25-36)48(41-21-11-4-12-22-41)44-33-28-37-16-13-23-45(46(37)34-44)38-26-31-42(32-27-38)47(39-17-7-2-8-18-39)40-19-9-3-10-20-40/h1-34H. The molecule has 8 rings (SSSR count). The highest BCUT2D eigenvalue weighted by atomic mass is 15.1. The van der Waals surface area contributed by atoms with Gasteiger partial charge in [-0.25, -0.2) is 0 Å². The number of para-hydroxylation sites is 3. The van der Waals surface area contributed by atoms with E-state index in [1.165, 1.54) is 33.0 Å². The molecule has 0 saturated heterocycles. The first-order valence-corrected chi connectivity index (χ1v) is 16.4. The fraction of sp³-hybridized carbons (Fsp3) is 0. The van der Waals surface area contributed by atoms with Crippen molar-refractivity contribution in [1.82, 2.24) is 0 Å². The van der Waals surface area contributed by atoms with E-state index in [-0.39, 0.29) is 0 Å². The third-order valence-electron chi connectivity index (χ3n) is 8.84. The maximum absolute atomic E-state index is 2.34. The first-order valence-electron chi connectivity index (χ1n) is 16.4. The van der Waals surface area contributed by atoms with Crippen molar-refractivity contribution in [1.29, 1.82) is 0 Å². The van der Waals surface area contributed by atoms with Gasteiger partial charge >= 0.3 is 0 Å². The Balaban J connectivity index is 1.19. The van der Waals surface area contributed by atoms with Gasteiger partial charge in [0.15, 0.2) is 0 Å². The predicted octanol–water partition coefficient (Wildman–Crippen LogP) is 13.1. The van der Waals surface area contributed by atoms with Crippen molar-refractivity contribution in [2.45, 2.75) is 0 Å². The average Bonchev–Trinajstić information content (AvgIpc) is 3.17. The van der Waals surface area contributed by atoms with Gasteiger partial charge in [0.1, 0.15) is 0 Å². The topological polar surface area (TPSA) is 6.48 Å². The van der Waals surface area contributed by atoms with Crippen LogP contribution < -0.4 is 9.80 Å². The summed E-state index contributed by atoms with van der Waals surface area (Å²) in [6.07, 6.45) is 0. The average molecular weight is 615 g/mol. The van der Waals surface area contributed by atoms with E-state index < -0.39 is 0 Å². The smallest absolute Gasteiger partial charge is 0.0468 e. The van der Waals surface area contributed by atoms with Crippen molar-refractivity contribution < 1.29 is 0 Å². The molecule has 8 aromatic rings. The summed E-state index contributed by atoms with van der Waals surface area (Å²) < 4.78 is 0. The Kier molecular flexibility index (Phi) is 7.96. The Labute approximate surface area is 282 Å². The van der Waals surface area contributed by atoms with Gasteiger partial charge in [0.2, 0.25) is 0 Å². The number of hydrogen-bond acceptors (Lipinski definition) is 2. The molecule has 0 radical (unpaired) electrons. The molecule has 2 nitrogen and oxygen atoms in total. The molecule has 2 heteroatoms. The van der Waals surface area contributed by atoms with Crippen LogP contribution in [-0.2, 0) is 0 Å². The van der Waals surface area contributed by atoms with Crippen molar-refractivity contribution in [2.24, 2.45) is 0 Å². The maximum atomic E-state index is 2.34. The molecule has 0 aliphatic carbocycles. The second-order valence-electron chi connectivity index (χ2n) is 11.8. The van der Waals surface area contributed by atoms with E-state index in [0.717, 1.165) is 34.1 Å². The van der Waals surface area contributed by atoms with E-state index in [9.17, 15) is 0 Å². The molecular weight excluding hydrogens is 581 g/mol. The molecule has 48 heavy (non-hydrogen) atoms. The van der Waals surface area contributed by atoms with Gasteiger partial charge in [-0.05, 0) is 106 Å². The Hall–Kier alpha value is -6.38. The zero-order chi connectivity index (χ0) is 32.1. The van der Waals surface area contributed by atoms with Crippen molar-refractivity contribution in [3.05, 3.63) is 206 Å². The fourth-order valence-electron chi connectivity index (χ4n) is 6.50. The van der Waals surface area contributed by atoms with Crippen LogP contribution in [0, 0.1) is 0 Å². The molecule has 0 saturated carbocycles. The van der Waals surface area contributed by atoms with E-state index in [1.54, 1.807) is 0 Å². The van der Waals surface area contributed by atoms with E-state index in [4.69, 9.17) is 0 Å². The lowest BCUT2D eigenvalue weighted by Gasteiger charge is -2.26. The highest BCUT2D eigenvalue weighted by Crippen LogP contribution is 2.40. The van der Waals surface area contributed by atoms with Crippen LogP contribution in [0.4, 0.5) is 34.1 Å². The lowest BCUT2D eigenvalue weighted by Crippen LogP contribution is -2.10. The number of hydrogen-bond donors (Lipinski definition) is 0. The minimum Gasteiger partial charge on any atom is -0.311 e. The number of anilines is 6. The molecule has 0 aliphatic heterocycles. The lowest BCUT2D eigenvalue weighted by molar-refractivity contribution is 1.28. The van der Waals surface area contributed by atoms with Crippen molar-refractivity contribution in [3.8, 4) is 22.3 Å². The monoisotopic (exact) mass is 614 g/mol. The van der Waals surface area contributed by atoms with Crippen molar-refractivity contribution in [3.63, 3.8) is 0 Å². The summed E-state index contributed by atoms with van der Waals surface area (Å²) in [7, 11) is 0. The van der Waals surface area contributed by atoms with E-state index in [2.05, 4.69) is 216 Å². The molecule has 8 aromatic carbocycles. The molecule has 0 spiro atoms. The largest absolute Gasteiger partial charge is 0.311 e. The van der Waals surface area contributed by atoms with Crippen LogP contribution in [0.2, 0.25) is 0 Å². The summed E-state index contributed by atoms with van der Waals surface area (Å²) in [6, 6.07) is 73.4. The predicted molar refractivity (Wildman–Crippen MR) is 204 cm³/mol. The summed E-state index contributed by atoms with van der Waals surface area (Å²) in [5, 5.41) is 2.43. The summed E-state index contributed by atoms with van der Waals surface area (Å²) in [5.74, 6) is 0. The van der Waals surface area contributed by atoms with Crippen LogP contribution in [0.5, 0.6) is 0 Å². The van der Waals surface area contributed by atoms with E-state index in [1.807, 2.05) is 0 Å². The fourth-order valence-corrected chi connectivity index (χ4v) is 6.50. The molecule has 0 fully saturated rings. The number of fused-ring (bicyclic) bond motifs is 1. The Morgan fingerprint density at radius 3 is 1.17 bits per heavy atom. The lowest BCUT2D eigenvalue weighted by atomic mass is 9.97. The molecule has 228 valence electrons. The van der Waals surface area contributed by atoms with Crippen LogP contribution in [0.1, 0.15) is 0 Å². The summed E-state index contributed by atoms with van der Waals surface area (Å²) in [5.41, 5.74) is 11.5. The van der Waals surface area contributed by atoms with Crippen LogP contribution in [0.25, 0.3) is 33.0 Å². The minimum absolute atomic E-state index is 1.11. The molecule has 0 heterocycles. The molecule has 0 aromatic heterocycles. The van der Waals surface area contributed by atoms with Gasteiger partial charge in [-0.1, -0.05) is 133 Å². The Morgan fingerprint density at radius 2 is 0.646 bits per heavy atom. The van der Waals surface area contributed by atoms with E-state index in [0.29, 0.717) is 0 Å². The first-order chi connectivity index (χ1) is 23.8. The highest BCUT2D eigenvalue weighted by molar-refractivity contribution is 6.00. The number of nitrogens with zero attached hydrogens (tertiary/aromatic N) is 2. The second kappa shape index (κ2) is 13.2. The van der Waals surface area contributed by atoms with Gasteiger partial charge in [0, 0.05) is 34.1 Å². The van der Waals surface area contributed by atoms with Gasteiger partial charge in [-0.15, -0.1) is 0 Å². The van der Waals surface area contributed by atoms with Gasteiger partial charge < -0.3 is 9.80 Å². The van der Waals surface area contributed by atoms with Crippen LogP contribution in [-0.4, -0.2) is 0 Å². The van der Waals surface area contributed by atoms with Crippen molar-refractivity contribution in [2.75, 3.05) is 9.80 Å². The zero-order valence-electron chi connectivity index (χ0n) is 26.5. The summed E-state index contributed by atoms with van der Waals surface area (Å²) >= 11 is 0. The SMILES string of the molecule is c1ccc(-c2ccc(N(c3ccccc3)c3ccc4cccc(-c5ccc(N(c6ccccc6)c6ccccc6)cc5)c4c3)cc2)cc1. The maximum Gasteiger partial charge on any atom is 0.0468 e. The highest BCUT2D eigenvalue weighted by Gasteiger charge is 2.16. The quantitative estimate of drug-likeness (QED) is 0.168. The Bertz CT molecular complexity index is 2210. The molecule has 0 bridgehead atoms. The van der Waals surface area contributed by atoms with Gasteiger partial charge in [-0.2, -0.15) is 0 Å². The van der Waals surface area contributed by atoms with Crippen LogP contribution >= 0.6 is 0 Å². The summed E-state index contributed by atoms with van der Waals surface area (Å²) in [6.45, 7) is 0. The third-order valence-corrected chi connectivity index (χ3v) is 8.84. The van der Waals surface area contributed by atoms with Gasteiger partial charge in [0.25, 0.3) is 0 Å². The number of rotatable bonds is 8. The van der Waals surface area contributed by atoms with Gasteiger partial charge in [0.05, 0.1) is 0 Å². The third kappa shape index (κ3) is 5.84. The normalized spacial score (nSPS) is 10.9. The summed E-state index contributed by atoms with van der Waals surface area (Å²) in [4.78, 5) is 4.64. The zero-order valence-corrected chi connectivity index (χ0v) is 26.5. The van der Waals surface area contributed by atoms with Crippen molar-refractivity contribution >= 4 is 44.9 Å². The number of benzene rings is 8. The molecular formula is C46H34N2. The molecule has 0 N–H and O–H groups in total. The molecule has 0 unspecified atom stereocenters. The first kappa shape index (κ1) is 29.1. The minimum atomic E-state index is 1.11. The molecule has 0 amide bonds. The van der Waals surface area contributed by atoms with Crippen LogP contribution in [0.15, 0.2) is 206 Å². The second-order valence-corrected chi connectivity index (χ2v) is 11.8. The molecule has 0 aliphatic rings. The van der Waals surface area contributed by atoms with E-state index >= 15 is 0 Å². The Morgan fingerprint density at radius 1 is 0.250 bits per heavy atom. The molecule has 0 atom stereocenters.